The summed E-state index contributed by atoms with van der Waals surface area (Å²) in [6.45, 7) is 3.15. The standard InChI is InChI=1S/C25H26FN3O5S/c1-17-11-18(2)13-21(12-17)29(16-25(30)28-27-15-19-5-7-20(26)8-6-19)35(31,32)22-9-10-23(33-3)24(14-22)34-4/h5-15H,16H2,1-4H3,(H,28,30)/b27-15-. The number of hydrazone groups is 1. The number of ether oxygens (including phenoxy) is 2. The van der Waals surface area contributed by atoms with E-state index in [9.17, 15) is 17.6 Å². The van der Waals surface area contributed by atoms with Crippen molar-refractivity contribution in [1.29, 1.82) is 0 Å². The zero-order chi connectivity index (χ0) is 25.6. The Balaban J connectivity index is 1.93. The van der Waals surface area contributed by atoms with Crippen molar-refractivity contribution < 1.29 is 27.1 Å². The number of anilines is 1. The zero-order valence-electron chi connectivity index (χ0n) is 19.8. The number of aryl methyl sites for hydroxylation is 2. The summed E-state index contributed by atoms with van der Waals surface area (Å²) >= 11 is 0. The highest BCUT2D eigenvalue weighted by atomic mass is 32.2. The van der Waals surface area contributed by atoms with E-state index in [1.807, 2.05) is 19.9 Å². The molecular weight excluding hydrogens is 473 g/mol. The summed E-state index contributed by atoms with van der Waals surface area (Å²) < 4.78 is 51.8. The van der Waals surface area contributed by atoms with Crippen molar-refractivity contribution in [2.75, 3.05) is 25.1 Å². The lowest BCUT2D eigenvalue weighted by atomic mass is 10.1. The summed E-state index contributed by atoms with van der Waals surface area (Å²) in [5.41, 5.74) is 4.89. The topological polar surface area (TPSA) is 97.3 Å². The van der Waals surface area contributed by atoms with Crippen molar-refractivity contribution in [2.45, 2.75) is 18.7 Å². The fraction of sp³-hybridized carbons (Fsp3) is 0.200. The average Bonchev–Trinajstić information content (AvgIpc) is 2.82. The van der Waals surface area contributed by atoms with Crippen LogP contribution >= 0.6 is 0 Å². The fourth-order valence-electron chi connectivity index (χ4n) is 3.41. The van der Waals surface area contributed by atoms with E-state index in [1.54, 1.807) is 12.1 Å². The largest absolute Gasteiger partial charge is 0.493 e. The van der Waals surface area contributed by atoms with Crippen LogP contribution < -0.4 is 19.2 Å². The van der Waals surface area contributed by atoms with Gasteiger partial charge < -0.3 is 9.47 Å². The SMILES string of the molecule is COc1ccc(S(=O)(=O)N(CC(=O)N/N=C\c2ccc(F)cc2)c2cc(C)cc(C)c2)cc1OC. The molecule has 0 aliphatic carbocycles. The third-order valence-electron chi connectivity index (χ3n) is 5.00. The highest BCUT2D eigenvalue weighted by Crippen LogP contribution is 2.32. The lowest BCUT2D eigenvalue weighted by Gasteiger charge is -2.25. The molecule has 3 aromatic carbocycles. The number of methoxy groups -OCH3 is 2. The van der Waals surface area contributed by atoms with Crippen LogP contribution in [0.1, 0.15) is 16.7 Å². The van der Waals surface area contributed by atoms with Gasteiger partial charge in [-0.2, -0.15) is 5.10 Å². The number of amides is 1. The maximum atomic E-state index is 13.7. The lowest BCUT2D eigenvalue weighted by molar-refractivity contribution is -0.119. The van der Waals surface area contributed by atoms with E-state index < -0.39 is 28.3 Å². The first kappa shape index (κ1) is 25.7. The van der Waals surface area contributed by atoms with Crippen LogP contribution in [0.4, 0.5) is 10.1 Å². The Bertz CT molecular complexity index is 1320. The van der Waals surface area contributed by atoms with E-state index in [1.165, 1.54) is 62.9 Å². The molecule has 0 fully saturated rings. The summed E-state index contributed by atoms with van der Waals surface area (Å²) in [6.07, 6.45) is 1.33. The highest BCUT2D eigenvalue weighted by molar-refractivity contribution is 7.92. The van der Waals surface area contributed by atoms with E-state index >= 15 is 0 Å². The number of nitrogens with zero attached hydrogens (tertiary/aromatic N) is 2. The molecule has 0 unspecified atom stereocenters. The van der Waals surface area contributed by atoms with Gasteiger partial charge in [0.25, 0.3) is 15.9 Å². The lowest BCUT2D eigenvalue weighted by Crippen LogP contribution is -2.39. The quantitative estimate of drug-likeness (QED) is 0.357. The molecule has 1 amide bonds. The first-order valence-corrected chi connectivity index (χ1v) is 12.0. The maximum absolute atomic E-state index is 13.7. The molecule has 0 atom stereocenters. The molecule has 10 heteroatoms. The minimum absolute atomic E-state index is 0.0723. The van der Waals surface area contributed by atoms with Crippen LogP contribution in [0, 0.1) is 19.7 Å². The highest BCUT2D eigenvalue weighted by Gasteiger charge is 2.28. The number of carbonyl (C=O) groups excluding carboxylic acids is 1. The molecule has 0 radical (unpaired) electrons. The number of benzene rings is 3. The van der Waals surface area contributed by atoms with Crippen LogP contribution in [0.2, 0.25) is 0 Å². The van der Waals surface area contributed by atoms with Crippen molar-refractivity contribution in [3.8, 4) is 11.5 Å². The zero-order valence-corrected chi connectivity index (χ0v) is 20.6. The smallest absolute Gasteiger partial charge is 0.264 e. The van der Waals surface area contributed by atoms with Gasteiger partial charge in [-0.05, 0) is 66.9 Å². The number of halogens is 1. The summed E-state index contributed by atoms with van der Waals surface area (Å²) in [5.74, 6) is -0.443. The molecule has 0 aromatic heterocycles. The molecule has 3 aromatic rings. The Kier molecular flexibility index (Phi) is 8.08. The predicted molar refractivity (Wildman–Crippen MR) is 132 cm³/mol. The average molecular weight is 500 g/mol. The third kappa shape index (κ3) is 6.36. The Morgan fingerprint density at radius 3 is 2.20 bits per heavy atom. The van der Waals surface area contributed by atoms with Crippen LogP contribution in [0.3, 0.4) is 0 Å². The van der Waals surface area contributed by atoms with E-state index in [-0.39, 0.29) is 10.6 Å². The van der Waals surface area contributed by atoms with Crippen molar-refractivity contribution >= 4 is 27.8 Å². The number of carbonyl (C=O) groups is 1. The molecule has 0 spiro atoms. The van der Waals surface area contributed by atoms with E-state index in [0.717, 1.165) is 15.4 Å². The van der Waals surface area contributed by atoms with E-state index in [2.05, 4.69) is 10.5 Å². The van der Waals surface area contributed by atoms with E-state index in [0.29, 0.717) is 17.0 Å². The van der Waals surface area contributed by atoms with E-state index in [4.69, 9.17) is 9.47 Å². The predicted octanol–water partition coefficient (Wildman–Crippen LogP) is 3.81. The Morgan fingerprint density at radius 1 is 0.971 bits per heavy atom. The molecule has 0 heterocycles. The normalized spacial score (nSPS) is 11.3. The second kappa shape index (κ2) is 11.0. The number of sulfonamides is 1. The number of rotatable bonds is 9. The number of hydrogen-bond acceptors (Lipinski definition) is 6. The second-order valence-electron chi connectivity index (χ2n) is 7.72. The number of nitrogens with one attached hydrogen (secondary N) is 1. The second-order valence-corrected chi connectivity index (χ2v) is 9.58. The summed E-state index contributed by atoms with van der Waals surface area (Å²) in [5, 5.41) is 3.85. The van der Waals surface area contributed by atoms with Gasteiger partial charge in [-0.25, -0.2) is 18.2 Å². The molecular formula is C25H26FN3O5S. The van der Waals surface area contributed by atoms with Crippen molar-refractivity contribution in [3.63, 3.8) is 0 Å². The van der Waals surface area contributed by atoms with Crippen molar-refractivity contribution in [1.82, 2.24) is 5.43 Å². The monoisotopic (exact) mass is 499 g/mol. The molecule has 1 N–H and O–H groups in total. The molecule has 0 bridgehead atoms. The van der Waals surface area contributed by atoms with Crippen LogP contribution in [-0.4, -0.2) is 41.3 Å². The molecule has 184 valence electrons. The molecule has 0 saturated carbocycles. The van der Waals surface area contributed by atoms with Crippen LogP contribution in [0.15, 0.2) is 70.7 Å². The summed E-state index contributed by atoms with van der Waals surface area (Å²) in [7, 11) is -1.32. The molecule has 8 nitrogen and oxygen atoms in total. The Labute approximate surface area is 204 Å². The van der Waals surface area contributed by atoms with Crippen molar-refractivity contribution in [2.24, 2.45) is 5.10 Å². The van der Waals surface area contributed by atoms with Crippen LogP contribution in [-0.2, 0) is 14.8 Å². The summed E-state index contributed by atoms with van der Waals surface area (Å²) in [4.78, 5) is 12.6. The van der Waals surface area contributed by atoms with Gasteiger partial charge in [0.05, 0.1) is 31.0 Å². The van der Waals surface area contributed by atoms with Gasteiger partial charge in [0.2, 0.25) is 0 Å². The van der Waals surface area contributed by atoms with Gasteiger partial charge in [0.15, 0.2) is 11.5 Å². The molecule has 0 saturated heterocycles. The molecule has 0 aliphatic heterocycles. The summed E-state index contributed by atoms with van der Waals surface area (Å²) in [6, 6.07) is 15.0. The van der Waals surface area contributed by atoms with Crippen LogP contribution in [0.25, 0.3) is 0 Å². The minimum atomic E-state index is -4.18. The molecule has 0 aliphatic rings. The van der Waals surface area contributed by atoms with Crippen LogP contribution in [0.5, 0.6) is 11.5 Å². The first-order valence-electron chi connectivity index (χ1n) is 10.5. The minimum Gasteiger partial charge on any atom is -0.493 e. The van der Waals surface area contributed by atoms with Gasteiger partial charge in [0, 0.05) is 6.07 Å². The Hall–Kier alpha value is -3.92. The maximum Gasteiger partial charge on any atom is 0.264 e. The van der Waals surface area contributed by atoms with Gasteiger partial charge in [-0.15, -0.1) is 0 Å². The van der Waals surface area contributed by atoms with Gasteiger partial charge in [-0.3, -0.25) is 9.10 Å². The fourth-order valence-corrected chi connectivity index (χ4v) is 4.83. The van der Waals surface area contributed by atoms with Gasteiger partial charge in [-0.1, -0.05) is 18.2 Å². The Morgan fingerprint density at radius 2 is 1.60 bits per heavy atom. The molecule has 3 rings (SSSR count). The van der Waals surface area contributed by atoms with Gasteiger partial charge in [0.1, 0.15) is 12.4 Å². The number of hydrogen-bond donors (Lipinski definition) is 1. The first-order chi connectivity index (χ1) is 16.6. The third-order valence-corrected chi connectivity index (χ3v) is 6.77. The van der Waals surface area contributed by atoms with Crippen molar-refractivity contribution in [3.05, 3.63) is 83.2 Å². The molecule has 35 heavy (non-hydrogen) atoms. The van der Waals surface area contributed by atoms with Gasteiger partial charge >= 0.3 is 0 Å².